The van der Waals surface area contributed by atoms with E-state index in [1.165, 1.54) is 0 Å². The molecule has 3 heterocycles. The summed E-state index contributed by atoms with van der Waals surface area (Å²) in [6.07, 6.45) is 3.73. The zero-order valence-electron chi connectivity index (χ0n) is 11.4. The first-order chi connectivity index (χ1) is 10.8. The van der Waals surface area contributed by atoms with Gasteiger partial charge in [0.2, 0.25) is 0 Å². The van der Waals surface area contributed by atoms with Crippen LogP contribution in [0.5, 0.6) is 0 Å². The van der Waals surface area contributed by atoms with Gasteiger partial charge in [-0.05, 0) is 46.7 Å². The van der Waals surface area contributed by atoms with E-state index in [-0.39, 0.29) is 0 Å². The van der Waals surface area contributed by atoms with Crippen molar-refractivity contribution in [1.29, 1.82) is 0 Å². The smallest absolute Gasteiger partial charge is 0.165 e. The van der Waals surface area contributed by atoms with Gasteiger partial charge in [0.25, 0.3) is 0 Å². The molecule has 0 saturated heterocycles. The molecule has 0 amide bonds. The van der Waals surface area contributed by atoms with E-state index in [1.807, 2.05) is 48.1 Å². The molecule has 3 aromatic heterocycles. The van der Waals surface area contributed by atoms with Gasteiger partial charge in [0.15, 0.2) is 5.65 Å². The van der Waals surface area contributed by atoms with Crippen molar-refractivity contribution in [3.8, 4) is 11.1 Å². The number of benzene rings is 1. The van der Waals surface area contributed by atoms with Crippen LogP contribution in [0.3, 0.4) is 0 Å². The molecule has 4 rings (SSSR count). The predicted octanol–water partition coefficient (Wildman–Crippen LogP) is 4.85. The van der Waals surface area contributed by atoms with E-state index in [2.05, 4.69) is 26.8 Å². The fourth-order valence-corrected chi connectivity index (χ4v) is 3.12. The lowest BCUT2D eigenvalue weighted by molar-refractivity contribution is 0.941. The molecule has 0 bridgehead atoms. The van der Waals surface area contributed by atoms with Gasteiger partial charge in [-0.2, -0.15) is 16.4 Å². The first-order valence-corrected chi connectivity index (χ1v) is 8.01. The van der Waals surface area contributed by atoms with E-state index in [4.69, 9.17) is 11.6 Å². The lowest BCUT2D eigenvalue weighted by Crippen LogP contribution is -1.97. The maximum Gasteiger partial charge on any atom is 0.165 e. The molecule has 4 nitrogen and oxygen atoms in total. The van der Waals surface area contributed by atoms with Crippen LogP contribution in [-0.4, -0.2) is 14.6 Å². The highest BCUT2D eigenvalue weighted by atomic mass is 35.5. The Hall–Kier alpha value is -2.37. The summed E-state index contributed by atoms with van der Waals surface area (Å²) >= 11 is 7.67. The fraction of sp³-hybridized carbons (Fsp3) is 0. The molecule has 0 aliphatic heterocycles. The van der Waals surface area contributed by atoms with Crippen molar-refractivity contribution in [3.63, 3.8) is 0 Å². The Morgan fingerprint density at radius 3 is 2.95 bits per heavy atom. The third-order valence-electron chi connectivity index (χ3n) is 3.30. The third-order valence-corrected chi connectivity index (χ3v) is 4.22. The molecule has 6 heteroatoms. The van der Waals surface area contributed by atoms with E-state index in [9.17, 15) is 0 Å². The molecular weight excluding hydrogens is 316 g/mol. The number of nitrogens with zero attached hydrogens (tertiary/aromatic N) is 3. The van der Waals surface area contributed by atoms with Gasteiger partial charge >= 0.3 is 0 Å². The first-order valence-electron chi connectivity index (χ1n) is 6.69. The van der Waals surface area contributed by atoms with Crippen molar-refractivity contribution in [3.05, 3.63) is 64.6 Å². The number of thiophene rings is 1. The zero-order chi connectivity index (χ0) is 14.9. The lowest BCUT2D eigenvalue weighted by Gasteiger charge is -2.06. The molecule has 0 fully saturated rings. The second-order valence-corrected chi connectivity index (χ2v) is 6.00. The molecule has 0 saturated carbocycles. The van der Waals surface area contributed by atoms with Crippen molar-refractivity contribution in [1.82, 2.24) is 14.6 Å². The van der Waals surface area contributed by atoms with Gasteiger partial charge < -0.3 is 5.32 Å². The molecule has 0 radical (unpaired) electrons. The Balaban J connectivity index is 1.75. The normalized spacial score (nSPS) is 11.0. The minimum Gasteiger partial charge on any atom is -0.340 e. The van der Waals surface area contributed by atoms with Crippen LogP contribution in [0, 0.1) is 0 Å². The summed E-state index contributed by atoms with van der Waals surface area (Å²) in [6, 6.07) is 11.5. The molecule has 1 aromatic carbocycles. The second kappa shape index (κ2) is 5.44. The highest BCUT2D eigenvalue weighted by Gasteiger charge is 2.09. The average molecular weight is 327 g/mol. The van der Waals surface area contributed by atoms with Crippen LogP contribution in [0.2, 0.25) is 5.02 Å². The van der Waals surface area contributed by atoms with E-state index in [0.29, 0.717) is 5.02 Å². The maximum absolute atomic E-state index is 6.01. The topological polar surface area (TPSA) is 42.2 Å². The fourth-order valence-electron chi connectivity index (χ4n) is 2.27. The van der Waals surface area contributed by atoms with E-state index in [1.54, 1.807) is 15.9 Å². The number of hydrogen-bond donors (Lipinski definition) is 1. The summed E-state index contributed by atoms with van der Waals surface area (Å²) < 4.78 is 1.77. The van der Waals surface area contributed by atoms with Gasteiger partial charge in [0.05, 0.1) is 6.20 Å². The van der Waals surface area contributed by atoms with E-state index < -0.39 is 0 Å². The summed E-state index contributed by atoms with van der Waals surface area (Å²) in [5.41, 5.74) is 3.88. The Morgan fingerprint density at radius 1 is 1.18 bits per heavy atom. The Kier molecular flexibility index (Phi) is 3.29. The number of hydrogen-bond acceptors (Lipinski definition) is 4. The van der Waals surface area contributed by atoms with Gasteiger partial charge in [-0.25, -0.2) is 9.50 Å². The van der Waals surface area contributed by atoms with Crippen LogP contribution in [0.15, 0.2) is 59.6 Å². The molecule has 0 unspecified atom stereocenters. The molecule has 22 heavy (non-hydrogen) atoms. The standard InChI is InChI=1S/C16H11ClN4S/c17-12-2-1-3-13(8-12)19-15-4-6-21-16(20-15)14(9-18-21)11-5-7-22-10-11/h1-10H,(H,19,20). The van der Waals surface area contributed by atoms with E-state index >= 15 is 0 Å². The molecule has 108 valence electrons. The summed E-state index contributed by atoms with van der Waals surface area (Å²) in [5, 5.41) is 12.4. The first kappa shape index (κ1) is 13.3. The molecular formula is C16H11ClN4S. The van der Waals surface area contributed by atoms with Crippen molar-refractivity contribution < 1.29 is 0 Å². The molecule has 0 atom stereocenters. The number of nitrogens with one attached hydrogen (secondary N) is 1. The highest BCUT2D eigenvalue weighted by Crippen LogP contribution is 2.27. The van der Waals surface area contributed by atoms with Crippen LogP contribution in [0.1, 0.15) is 0 Å². The predicted molar refractivity (Wildman–Crippen MR) is 91.0 cm³/mol. The second-order valence-electron chi connectivity index (χ2n) is 4.79. The van der Waals surface area contributed by atoms with Gasteiger partial charge in [-0.15, -0.1) is 0 Å². The summed E-state index contributed by atoms with van der Waals surface area (Å²) in [5.74, 6) is 0.756. The molecule has 0 aliphatic carbocycles. The molecule has 0 aliphatic rings. The monoisotopic (exact) mass is 326 g/mol. The van der Waals surface area contributed by atoms with Crippen molar-refractivity contribution in [2.24, 2.45) is 0 Å². The van der Waals surface area contributed by atoms with Gasteiger partial charge in [0, 0.05) is 22.5 Å². The Labute approximate surface area is 136 Å². The maximum atomic E-state index is 6.01. The minimum absolute atomic E-state index is 0.689. The number of rotatable bonds is 3. The van der Waals surface area contributed by atoms with Crippen molar-refractivity contribution >= 4 is 40.1 Å². The summed E-state index contributed by atoms with van der Waals surface area (Å²) in [4.78, 5) is 4.67. The number of aromatic nitrogens is 3. The summed E-state index contributed by atoms with van der Waals surface area (Å²) in [7, 11) is 0. The van der Waals surface area contributed by atoms with Crippen LogP contribution in [-0.2, 0) is 0 Å². The van der Waals surface area contributed by atoms with Crippen LogP contribution in [0.25, 0.3) is 16.8 Å². The largest absolute Gasteiger partial charge is 0.340 e. The van der Waals surface area contributed by atoms with Gasteiger partial charge in [-0.1, -0.05) is 17.7 Å². The lowest BCUT2D eigenvalue weighted by atomic mass is 10.2. The zero-order valence-corrected chi connectivity index (χ0v) is 13.0. The quantitative estimate of drug-likeness (QED) is 0.585. The van der Waals surface area contributed by atoms with Crippen molar-refractivity contribution in [2.75, 3.05) is 5.32 Å². The average Bonchev–Trinajstić information content (AvgIpc) is 3.15. The number of anilines is 2. The van der Waals surface area contributed by atoms with Crippen molar-refractivity contribution in [2.45, 2.75) is 0 Å². The molecule has 4 aromatic rings. The number of fused-ring (bicyclic) bond motifs is 1. The third kappa shape index (κ3) is 2.45. The van der Waals surface area contributed by atoms with Crippen LogP contribution >= 0.6 is 22.9 Å². The molecule has 1 N–H and O–H groups in total. The van der Waals surface area contributed by atoms with Crippen LogP contribution in [0.4, 0.5) is 11.5 Å². The van der Waals surface area contributed by atoms with Crippen LogP contribution < -0.4 is 5.32 Å². The van der Waals surface area contributed by atoms with Gasteiger partial charge in [-0.3, -0.25) is 0 Å². The summed E-state index contributed by atoms with van der Waals surface area (Å²) in [6.45, 7) is 0. The highest BCUT2D eigenvalue weighted by molar-refractivity contribution is 7.08. The number of halogens is 1. The van der Waals surface area contributed by atoms with Gasteiger partial charge in [0.1, 0.15) is 5.82 Å². The Bertz CT molecular complexity index is 930. The molecule has 0 spiro atoms. The minimum atomic E-state index is 0.689. The SMILES string of the molecule is Clc1cccc(Nc2ccn3ncc(-c4ccsc4)c3n2)c1. The Morgan fingerprint density at radius 2 is 2.14 bits per heavy atom. The van der Waals surface area contributed by atoms with E-state index in [0.717, 1.165) is 28.3 Å².